The summed E-state index contributed by atoms with van der Waals surface area (Å²) in [4.78, 5) is 30.9. The van der Waals surface area contributed by atoms with Crippen molar-refractivity contribution in [2.24, 2.45) is 0 Å². The number of carbonyl (C=O) groups excluding carboxylic acids is 1. The van der Waals surface area contributed by atoms with Gasteiger partial charge in [-0.2, -0.15) is 0 Å². The van der Waals surface area contributed by atoms with Crippen molar-refractivity contribution in [3.8, 4) is 11.3 Å². The normalized spacial score (nSPS) is 13.6. The van der Waals surface area contributed by atoms with E-state index in [-0.39, 0.29) is 5.91 Å². The fraction of sp³-hybridized carbons (Fsp3) is 0.179. The van der Waals surface area contributed by atoms with Crippen LogP contribution in [0.1, 0.15) is 16.2 Å². The molecule has 1 N–H and O–H groups in total. The zero-order chi connectivity index (χ0) is 25.2. The second-order valence-corrected chi connectivity index (χ2v) is 8.89. The number of benzene rings is 2. The van der Waals surface area contributed by atoms with E-state index in [4.69, 9.17) is 4.52 Å². The molecule has 0 radical (unpaired) electrons. The van der Waals surface area contributed by atoms with E-state index in [0.29, 0.717) is 49.1 Å². The molecular weight excluding hydrogens is 466 g/mol. The van der Waals surface area contributed by atoms with E-state index in [1.54, 1.807) is 6.20 Å². The quantitative estimate of drug-likeness (QED) is 0.378. The first-order valence-electron chi connectivity index (χ1n) is 12.2. The first kappa shape index (κ1) is 22.7. The van der Waals surface area contributed by atoms with Crippen molar-refractivity contribution in [2.75, 3.05) is 36.4 Å². The molecule has 37 heavy (non-hydrogen) atoms. The number of fused-ring (bicyclic) bond motifs is 1. The SMILES string of the molecule is Cc1nc(Nc2ccccn2)cc(N2CCN(C(=O)c3ccc4noc(-c5ccccc5)c4c3)CC2)n1. The molecule has 1 amide bonds. The lowest BCUT2D eigenvalue weighted by atomic mass is 10.1. The molecule has 9 nitrogen and oxygen atoms in total. The van der Waals surface area contributed by atoms with Gasteiger partial charge >= 0.3 is 0 Å². The van der Waals surface area contributed by atoms with Crippen molar-refractivity contribution < 1.29 is 9.32 Å². The number of nitrogens with one attached hydrogen (secondary N) is 1. The first-order valence-corrected chi connectivity index (χ1v) is 12.2. The molecule has 0 unspecified atom stereocenters. The van der Waals surface area contributed by atoms with Gasteiger partial charge < -0.3 is 19.6 Å². The third-order valence-electron chi connectivity index (χ3n) is 6.40. The van der Waals surface area contributed by atoms with Gasteiger partial charge in [0, 0.05) is 49.6 Å². The second kappa shape index (κ2) is 9.69. The van der Waals surface area contributed by atoms with E-state index in [1.165, 1.54) is 0 Å². The lowest BCUT2D eigenvalue weighted by molar-refractivity contribution is 0.0746. The van der Waals surface area contributed by atoms with Crippen LogP contribution in [-0.2, 0) is 0 Å². The Balaban J connectivity index is 1.16. The van der Waals surface area contributed by atoms with Gasteiger partial charge in [-0.3, -0.25) is 4.79 Å². The summed E-state index contributed by atoms with van der Waals surface area (Å²) in [6.45, 7) is 4.42. The van der Waals surface area contributed by atoms with Crippen LogP contribution in [0.25, 0.3) is 22.2 Å². The Hall–Kier alpha value is -4.79. The van der Waals surface area contributed by atoms with Gasteiger partial charge in [-0.1, -0.05) is 41.6 Å². The summed E-state index contributed by atoms with van der Waals surface area (Å²) in [6.07, 6.45) is 1.73. The Labute approximate surface area is 213 Å². The number of pyridine rings is 1. The number of nitrogens with zero attached hydrogens (tertiary/aromatic N) is 6. The summed E-state index contributed by atoms with van der Waals surface area (Å²) in [7, 11) is 0. The van der Waals surface area contributed by atoms with Gasteiger partial charge in [-0.15, -0.1) is 0 Å². The van der Waals surface area contributed by atoms with Gasteiger partial charge in [0.1, 0.15) is 28.8 Å². The van der Waals surface area contributed by atoms with E-state index in [9.17, 15) is 4.79 Å². The minimum absolute atomic E-state index is 0.00172. The van der Waals surface area contributed by atoms with Gasteiger partial charge in [0.2, 0.25) is 0 Å². The Kier molecular flexibility index (Phi) is 5.94. The number of hydrogen-bond acceptors (Lipinski definition) is 8. The van der Waals surface area contributed by atoms with Crippen molar-refractivity contribution in [1.82, 2.24) is 25.0 Å². The highest BCUT2D eigenvalue weighted by atomic mass is 16.5. The average Bonchev–Trinajstić information content (AvgIpc) is 3.37. The van der Waals surface area contributed by atoms with Crippen LogP contribution in [0.15, 0.2) is 83.5 Å². The zero-order valence-corrected chi connectivity index (χ0v) is 20.3. The molecule has 3 aromatic heterocycles. The van der Waals surface area contributed by atoms with Gasteiger partial charge in [0.05, 0.1) is 5.39 Å². The van der Waals surface area contributed by atoms with Gasteiger partial charge in [0.25, 0.3) is 5.91 Å². The van der Waals surface area contributed by atoms with Crippen LogP contribution < -0.4 is 10.2 Å². The molecule has 2 aromatic carbocycles. The maximum absolute atomic E-state index is 13.4. The maximum atomic E-state index is 13.4. The van der Waals surface area contributed by atoms with Crippen molar-refractivity contribution in [3.63, 3.8) is 0 Å². The molecule has 0 aliphatic carbocycles. The summed E-state index contributed by atoms with van der Waals surface area (Å²) in [6, 6.07) is 22.9. The topological polar surface area (TPSA) is 100 Å². The molecule has 1 saturated heterocycles. The molecule has 0 atom stereocenters. The highest BCUT2D eigenvalue weighted by Gasteiger charge is 2.24. The van der Waals surface area contributed by atoms with Crippen LogP contribution in [0.4, 0.5) is 17.5 Å². The summed E-state index contributed by atoms with van der Waals surface area (Å²) in [5.41, 5.74) is 2.29. The van der Waals surface area contributed by atoms with Crippen LogP contribution in [0, 0.1) is 6.92 Å². The van der Waals surface area contributed by atoms with Crippen molar-refractivity contribution in [2.45, 2.75) is 6.92 Å². The number of carbonyl (C=O) groups is 1. The number of anilines is 3. The molecule has 1 aliphatic heterocycles. The summed E-state index contributed by atoms with van der Waals surface area (Å²) < 4.78 is 5.60. The molecule has 0 saturated carbocycles. The van der Waals surface area contributed by atoms with Crippen LogP contribution >= 0.6 is 0 Å². The lowest BCUT2D eigenvalue weighted by Crippen LogP contribution is -2.49. The van der Waals surface area contributed by atoms with E-state index in [2.05, 4.69) is 30.3 Å². The number of rotatable bonds is 5. The first-order chi connectivity index (χ1) is 18.1. The van der Waals surface area contributed by atoms with Crippen LogP contribution in [-0.4, -0.2) is 57.1 Å². The summed E-state index contributed by atoms with van der Waals surface area (Å²) in [5, 5.41) is 8.23. The van der Waals surface area contributed by atoms with Crippen molar-refractivity contribution >= 4 is 34.3 Å². The summed E-state index contributed by atoms with van der Waals surface area (Å²) >= 11 is 0. The highest BCUT2D eigenvalue weighted by Crippen LogP contribution is 2.30. The molecule has 9 heteroatoms. The number of piperazine rings is 1. The number of amides is 1. The van der Waals surface area contributed by atoms with Crippen molar-refractivity contribution in [3.05, 3.63) is 90.4 Å². The Morgan fingerprint density at radius 2 is 1.70 bits per heavy atom. The Bertz CT molecular complexity index is 1550. The highest BCUT2D eigenvalue weighted by molar-refractivity contribution is 6.01. The number of aryl methyl sites for hydroxylation is 1. The molecule has 1 fully saturated rings. The molecule has 1 aliphatic rings. The molecule has 4 heterocycles. The standard InChI is InChI=1S/C28H25N7O2/c1-19-30-25(32-24-9-5-6-12-29-24)18-26(31-19)34-13-15-35(16-14-34)28(36)21-10-11-23-22(17-21)27(37-33-23)20-7-3-2-4-8-20/h2-12,17-18H,13-16H2,1H3,(H,29,30,31,32). The molecule has 6 rings (SSSR count). The Morgan fingerprint density at radius 3 is 2.49 bits per heavy atom. The molecular formula is C28H25N7O2. The lowest BCUT2D eigenvalue weighted by Gasteiger charge is -2.35. The van der Waals surface area contributed by atoms with E-state index in [1.807, 2.05) is 84.6 Å². The second-order valence-electron chi connectivity index (χ2n) is 8.89. The predicted octanol–water partition coefficient (Wildman–Crippen LogP) is 4.69. The van der Waals surface area contributed by atoms with E-state index >= 15 is 0 Å². The minimum atomic E-state index is -0.00172. The average molecular weight is 492 g/mol. The number of hydrogen-bond donors (Lipinski definition) is 1. The van der Waals surface area contributed by atoms with Gasteiger partial charge in [0.15, 0.2) is 5.76 Å². The Morgan fingerprint density at radius 1 is 0.892 bits per heavy atom. The molecule has 0 bridgehead atoms. The third kappa shape index (κ3) is 4.71. The van der Waals surface area contributed by atoms with E-state index in [0.717, 1.165) is 28.1 Å². The molecule has 5 aromatic rings. The van der Waals surface area contributed by atoms with Crippen molar-refractivity contribution in [1.29, 1.82) is 0 Å². The van der Waals surface area contributed by atoms with Gasteiger partial charge in [-0.05, 0) is 37.3 Å². The summed E-state index contributed by atoms with van der Waals surface area (Å²) in [5.74, 6) is 3.59. The van der Waals surface area contributed by atoms with Gasteiger partial charge in [-0.25, -0.2) is 15.0 Å². The number of aromatic nitrogens is 4. The third-order valence-corrected chi connectivity index (χ3v) is 6.40. The fourth-order valence-electron chi connectivity index (χ4n) is 4.54. The van der Waals surface area contributed by atoms with E-state index < -0.39 is 0 Å². The van der Waals surface area contributed by atoms with Crippen LogP contribution in [0.3, 0.4) is 0 Å². The minimum Gasteiger partial charge on any atom is -0.355 e. The van der Waals surface area contributed by atoms with Crippen LogP contribution in [0.2, 0.25) is 0 Å². The van der Waals surface area contributed by atoms with Crippen LogP contribution in [0.5, 0.6) is 0 Å². The smallest absolute Gasteiger partial charge is 0.254 e. The predicted molar refractivity (Wildman–Crippen MR) is 142 cm³/mol. The maximum Gasteiger partial charge on any atom is 0.254 e. The zero-order valence-electron chi connectivity index (χ0n) is 20.3. The monoisotopic (exact) mass is 491 g/mol. The largest absolute Gasteiger partial charge is 0.355 e. The molecule has 184 valence electrons. The fourth-order valence-corrected chi connectivity index (χ4v) is 4.54. The molecule has 0 spiro atoms.